The molecule has 3 aliphatic rings. The monoisotopic (exact) mass is 344 g/mol. The molecule has 24 heavy (non-hydrogen) atoms. The van der Waals surface area contributed by atoms with E-state index in [1.807, 2.05) is 41.8 Å². The Labute approximate surface area is 142 Å². The van der Waals surface area contributed by atoms with Crippen LogP contribution >= 0.6 is 11.8 Å². The van der Waals surface area contributed by atoms with Crippen LogP contribution in [0.2, 0.25) is 0 Å². The van der Waals surface area contributed by atoms with Gasteiger partial charge in [0.15, 0.2) is 11.9 Å². The molecule has 2 aromatic rings. The minimum Gasteiger partial charge on any atom is -0.455 e. The SMILES string of the molecule is CC1(c2ccccc2)OC[C@H]2S[C@H]3[C@@H](Oc4nc(=O)ccn43)[C@@H]2O1. The van der Waals surface area contributed by atoms with Crippen LogP contribution in [-0.4, -0.2) is 33.6 Å². The average molecular weight is 344 g/mol. The molecule has 1 aromatic heterocycles. The Balaban J connectivity index is 1.46. The van der Waals surface area contributed by atoms with E-state index in [0.717, 1.165) is 5.56 Å². The van der Waals surface area contributed by atoms with E-state index in [4.69, 9.17) is 14.2 Å². The third-order valence-corrected chi connectivity index (χ3v) is 6.32. The molecule has 1 aromatic carbocycles. The number of hydrogen-bond acceptors (Lipinski definition) is 6. The molecule has 0 N–H and O–H groups in total. The molecule has 1 unspecified atom stereocenters. The summed E-state index contributed by atoms with van der Waals surface area (Å²) in [7, 11) is 0. The van der Waals surface area contributed by atoms with Crippen molar-refractivity contribution in [2.24, 2.45) is 0 Å². The van der Waals surface area contributed by atoms with Crippen molar-refractivity contribution >= 4 is 11.8 Å². The van der Waals surface area contributed by atoms with Gasteiger partial charge in [-0.25, -0.2) is 0 Å². The molecule has 2 saturated heterocycles. The molecule has 6 nitrogen and oxygen atoms in total. The lowest BCUT2D eigenvalue weighted by molar-refractivity contribution is -0.298. The van der Waals surface area contributed by atoms with Gasteiger partial charge in [0.1, 0.15) is 11.5 Å². The second-order valence-corrected chi connectivity index (χ2v) is 7.67. The van der Waals surface area contributed by atoms with Gasteiger partial charge in [-0.2, -0.15) is 4.98 Å². The Hall–Kier alpha value is -1.83. The zero-order chi connectivity index (χ0) is 16.3. The lowest BCUT2D eigenvalue weighted by Gasteiger charge is -2.41. The molecule has 5 rings (SSSR count). The molecule has 7 heteroatoms. The number of nitrogens with zero attached hydrogens (tertiary/aromatic N) is 2. The van der Waals surface area contributed by atoms with Crippen molar-refractivity contribution in [1.82, 2.24) is 9.55 Å². The first kappa shape index (κ1) is 14.5. The van der Waals surface area contributed by atoms with Gasteiger partial charge in [-0.3, -0.25) is 9.36 Å². The van der Waals surface area contributed by atoms with E-state index >= 15 is 0 Å². The second-order valence-electron chi connectivity index (χ2n) is 6.31. The van der Waals surface area contributed by atoms with Gasteiger partial charge in [0, 0.05) is 17.8 Å². The largest absolute Gasteiger partial charge is 0.455 e. The summed E-state index contributed by atoms with van der Waals surface area (Å²) in [5, 5.41) is 0.259. The summed E-state index contributed by atoms with van der Waals surface area (Å²) in [4.78, 5) is 15.4. The van der Waals surface area contributed by atoms with E-state index in [1.54, 1.807) is 18.0 Å². The highest BCUT2D eigenvalue weighted by molar-refractivity contribution is 8.00. The van der Waals surface area contributed by atoms with E-state index < -0.39 is 5.79 Å². The number of benzene rings is 1. The van der Waals surface area contributed by atoms with E-state index in [1.165, 1.54) is 6.07 Å². The predicted octanol–water partition coefficient (Wildman–Crippen LogP) is 1.91. The number of ether oxygens (including phenoxy) is 3. The van der Waals surface area contributed by atoms with Crippen LogP contribution in [0.4, 0.5) is 0 Å². The van der Waals surface area contributed by atoms with Gasteiger partial charge in [-0.05, 0) is 6.92 Å². The molecule has 0 aliphatic carbocycles. The van der Waals surface area contributed by atoms with E-state index in [9.17, 15) is 4.79 Å². The van der Waals surface area contributed by atoms with Gasteiger partial charge < -0.3 is 14.2 Å². The molecule has 0 saturated carbocycles. The molecule has 4 heterocycles. The van der Waals surface area contributed by atoms with Crippen molar-refractivity contribution in [2.45, 2.75) is 35.5 Å². The smallest absolute Gasteiger partial charge is 0.301 e. The maximum Gasteiger partial charge on any atom is 0.301 e. The zero-order valence-corrected chi connectivity index (χ0v) is 13.8. The van der Waals surface area contributed by atoms with Gasteiger partial charge in [-0.15, -0.1) is 11.8 Å². The number of fused-ring (bicyclic) bond motifs is 5. The van der Waals surface area contributed by atoms with Gasteiger partial charge in [-0.1, -0.05) is 30.3 Å². The molecular formula is C17H16N2O4S. The zero-order valence-electron chi connectivity index (χ0n) is 13.0. The quantitative estimate of drug-likeness (QED) is 0.787. The highest BCUT2D eigenvalue weighted by atomic mass is 32.2. The van der Waals surface area contributed by atoms with E-state index in [-0.39, 0.29) is 28.4 Å². The fraction of sp³-hybridized carbons (Fsp3) is 0.412. The fourth-order valence-corrected chi connectivity index (χ4v) is 5.09. The third-order valence-electron chi connectivity index (χ3n) is 4.79. The van der Waals surface area contributed by atoms with E-state index in [0.29, 0.717) is 12.6 Å². The van der Waals surface area contributed by atoms with Crippen molar-refractivity contribution in [3.8, 4) is 6.01 Å². The molecule has 0 amide bonds. The highest BCUT2D eigenvalue weighted by Crippen LogP contribution is 2.53. The molecule has 124 valence electrons. The Morgan fingerprint density at radius 1 is 1.25 bits per heavy atom. The van der Waals surface area contributed by atoms with Crippen LogP contribution < -0.4 is 10.3 Å². The van der Waals surface area contributed by atoms with Crippen LogP contribution in [0.1, 0.15) is 17.9 Å². The Morgan fingerprint density at radius 2 is 2.08 bits per heavy atom. The maximum absolute atomic E-state index is 11.5. The standard InChI is InChI=1S/C17H16N2O4S/c1-17(10-5-3-2-4-6-10)21-9-11-13(23-17)14-15(24-11)19-8-7-12(20)18-16(19)22-14/h2-8,11,13-15H,9H2,1H3/t11-,13-,14+,15+,17?/m1/s1. The molecule has 0 radical (unpaired) electrons. The summed E-state index contributed by atoms with van der Waals surface area (Å²) in [6.45, 7) is 2.54. The normalized spacial score (nSPS) is 36.5. The molecule has 0 bridgehead atoms. The average Bonchev–Trinajstić information content (AvgIpc) is 3.11. The lowest BCUT2D eigenvalue weighted by atomic mass is 10.0. The molecule has 5 atom stereocenters. The first-order valence-electron chi connectivity index (χ1n) is 7.93. The Bertz CT molecular complexity index is 842. The minimum absolute atomic E-state index is 0.0600. The van der Waals surface area contributed by atoms with E-state index in [2.05, 4.69) is 4.98 Å². The van der Waals surface area contributed by atoms with Crippen molar-refractivity contribution in [2.75, 3.05) is 6.61 Å². The highest BCUT2D eigenvalue weighted by Gasteiger charge is 2.56. The Kier molecular flexibility index (Phi) is 3.07. The first-order chi connectivity index (χ1) is 11.6. The minimum atomic E-state index is -0.794. The number of hydrogen-bond donors (Lipinski definition) is 0. The van der Waals surface area contributed by atoms with Crippen LogP contribution in [0, 0.1) is 0 Å². The summed E-state index contributed by atoms with van der Waals surface area (Å²) in [5.41, 5.74) is 0.699. The summed E-state index contributed by atoms with van der Waals surface area (Å²) in [6.07, 6.45) is 1.47. The number of aromatic nitrogens is 2. The number of thioether (sulfide) groups is 1. The lowest BCUT2D eigenvalue weighted by Crippen LogP contribution is -2.50. The molecule has 0 spiro atoms. The van der Waals surface area contributed by atoms with Gasteiger partial charge in [0.2, 0.25) is 0 Å². The molecule has 3 aliphatic heterocycles. The van der Waals surface area contributed by atoms with Crippen LogP contribution in [-0.2, 0) is 15.3 Å². The van der Waals surface area contributed by atoms with Crippen molar-refractivity contribution < 1.29 is 14.2 Å². The summed E-state index contributed by atoms with van der Waals surface area (Å²) >= 11 is 1.76. The summed E-state index contributed by atoms with van der Waals surface area (Å²) < 4.78 is 20.3. The van der Waals surface area contributed by atoms with Crippen molar-refractivity contribution in [3.63, 3.8) is 0 Å². The van der Waals surface area contributed by atoms with Crippen LogP contribution in [0.5, 0.6) is 6.01 Å². The second kappa shape index (κ2) is 5.08. The molecular weight excluding hydrogens is 328 g/mol. The third kappa shape index (κ3) is 2.05. The summed E-state index contributed by atoms with van der Waals surface area (Å²) in [6, 6.07) is 11.8. The maximum atomic E-state index is 11.5. The topological polar surface area (TPSA) is 62.6 Å². The fourth-order valence-electron chi connectivity index (χ4n) is 3.56. The predicted molar refractivity (Wildman–Crippen MR) is 87.9 cm³/mol. The van der Waals surface area contributed by atoms with Crippen LogP contribution in [0.15, 0.2) is 47.4 Å². The van der Waals surface area contributed by atoms with Crippen molar-refractivity contribution in [3.05, 3.63) is 58.5 Å². The van der Waals surface area contributed by atoms with Crippen LogP contribution in [0.3, 0.4) is 0 Å². The Morgan fingerprint density at radius 3 is 2.92 bits per heavy atom. The molecule has 2 fully saturated rings. The summed E-state index contributed by atoms with van der Waals surface area (Å²) in [5.74, 6) is -0.794. The van der Waals surface area contributed by atoms with Crippen LogP contribution in [0.25, 0.3) is 0 Å². The van der Waals surface area contributed by atoms with Crippen molar-refractivity contribution in [1.29, 1.82) is 0 Å². The van der Waals surface area contributed by atoms with Gasteiger partial charge in [0.25, 0.3) is 5.56 Å². The first-order valence-corrected chi connectivity index (χ1v) is 8.87. The number of rotatable bonds is 1. The van der Waals surface area contributed by atoms with Gasteiger partial charge >= 0.3 is 6.01 Å². The van der Waals surface area contributed by atoms with Gasteiger partial charge in [0.05, 0.1) is 11.9 Å².